The molecule has 0 spiro atoms. The van der Waals surface area contributed by atoms with Crippen LogP contribution in [0.25, 0.3) is 10.8 Å². The first kappa shape index (κ1) is 11.2. The van der Waals surface area contributed by atoms with Gasteiger partial charge in [0.25, 0.3) is 5.91 Å². The Balaban J connectivity index is 2.93. The van der Waals surface area contributed by atoms with Crippen molar-refractivity contribution in [3.63, 3.8) is 0 Å². The van der Waals surface area contributed by atoms with Crippen LogP contribution in [-0.2, 0) is 0 Å². The van der Waals surface area contributed by atoms with Crippen molar-refractivity contribution in [1.82, 2.24) is 0 Å². The summed E-state index contributed by atoms with van der Waals surface area (Å²) in [5, 5.41) is 10.0. The molecule has 5 heteroatoms. The third-order valence-electron chi connectivity index (χ3n) is 2.53. The van der Waals surface area contributed by atoms with E-state index in [1.807, 2.05) is 0 Å². The van der Waals surface area contributed by atoms with Crippen LogP contribution in [0.4, 0.5) is 4.39 Å². The Morgan fingerprint density at radius 3 is 2.71 bits per heavy atom. The van der Waals surface area contributed by atoms with Gasteiger partial charge in [-0.1, -0.05) is 12.1 Å². The molecule has 3 N–H and O–H groups in total. The van der Waals surface area contributed by atoms with Gasteiger partial charge in [0.1, 0.15) is 22.9 Å². The fourth-order valence-electron chi connectivity index (χ4n) is 1.73. The number of carbonyl (C=O) groups is 1. The minimum Gasteiger partial charge on any atom is -0.507 e. The maximum atomic E-state index is 14.1. The van der Waals surface area contributed by atoms with Gasteiger partial charge < -0.3 is 15.6 Å². The minimum atomic E-state index is -0.912. The zero-order valence-electron chi connectivity index (χ0n) is 9.03. The van der Waals surface area contributed by atoms with E-state index in [1.54, 1.807) is 0 Å². The van der Waals surface area contributed by atoms with E-state index >= 15 is 0 Å². The number of amides is 1. The number of hydrogen-bond donors (Lipinski definition) is 2. The third-order valence-corrected chi connectivity index (χ3v) is 2.53. The Hall–Kier alpha value is -2.30. The summed E-state index contributed by atoms with van der Waals surface area (Å²) in [7, 11) is 1.30. The first-order valence-corrected chi connectivity index (χ1v) is 4.84. The third kappa shape index (κ3) is 1.65. The lowest BCUT2D eigenvalue weighted by molar-refractivity contribution is 0.0993. The Morgan fingerprint density at radius 2 is 2.12 bits per heavy atom. The summed E-state index contributed by atoms with van der Waals surface area (Å²) in [5.74, 6) is -1.79. The molecule has 1 amide bonds. The molecular formula is C12H10FNO3. The van der Waals surface area contributed by atoms with E-state index in [9.17, 15) is 14.3 Å². The quantitative estimate of drug-likeness (QED) is 0.833. The molecule has 0 aliphatic rings. The molecule has 2 aromatic rings. The number of phenolic OH excluding ortho intramolecular Hbond substituents is 1. The van der Waals surface area contributed by atoms with Crippen LogP contribution in [0.15, 0.2) is 24.3 Å². The van der Waals surface area contributed by atoms with Gasteiger partial charge in [-0.25, -0.2) is 4.39 Å². The van der Waals surface area contributed by atoms with Gasteiger partial charge in [-0.15, -0.1) is 0 Å². The predicted octanol–water partition coefficient (Wildman–Crippen LogP) is 1.79. The summed E-state index contributed by atoms with van der Waals surface area (Å²) >= 11 is 0. The molecule has 17 heavy (non-hydrogen) atoms. The number of halogens is 1. The zero-order valence-corrected chi connectivity index (χ0v) is 9.03. The number of rotatable bonds is 2. The van der Waals surface area contributed by atoms with Gasteiger partial charge in [0.2, 0.25) is 0 Å². The maximum Gasteiger partial charge on any atom is 0.255 e. The molecule has 0 aliphatic carbocycles. The molecule has 0 heterocycles. The summed E-state index contributed by atoms with van der Waals surface area (Å²) in [6.45, 7) is 0. The van der Waals surface area contributed by atoms with Crippen LogP contribution in [-0.4, -0.2) is 18.1 Å². The van der Waals surface area contributed by atoms with Crippen LogP contribution in [0.3, 0.4) is 0 Å². The number of fused-ring (bicyclic) bond motifs is 1. The highest BCUT2D eigenvalue weighted by Crippen LogP contribution is 2.33. The zero-order chi connectivity index (χ0) is 12.6. The van der Waals surface area contributed by atoms with Crippen molar-refractivity contribution in [3.05, 3.63) is 35.6 Å². The fraction of sp³-hybridized carbons (Fsp3) is 0.0833. The molecular weight excluding hydrogens is 225 g/mol. The molecule has 2 aromatic carbocycles. The molecule has 88 valence electrons. The van der Waals surface area contributed by atoms with Crippen molar-refractivity contribution < 1.29 is 19.0 Å². The topological polar surface area (TPSA) is 72.6 Å². The van der Waals surface area contributed by atoms with Crippen molar-refractivity contribution in [3.8, 4) is 11.5 Å². The lowest BCUT2D eigenvalue weighted by atomic mass is 10.0. The van der Waals surface area contributed by atoms with Crippen LogP contribution in [0.5, 0.6) is 11.5 Å². The average Bonchev–Trinajstić information content (AvgIpc) is 2.29. The van der Waals surface area contributed by atoms with Crippen molar-refractivity contribution in [1.29, 1.82) is 0 Å². The van der Waals surface area contributed by atoms with E-state index < -0.39 is 11.7 Å². The van der Waals surface area contributed by atoms with E-state index in [4.69, 9.17) is 10.5 Å². The molecule has 0 aliphatic heterocycles. The second kappa shape index (κ2) is 3.93. The van der Waals surface area contributed by atoms with E-state index in [-0.39, 0.29) is 27.8 Å². The summed E-state index contributed by atoms with van der Waals surface area (Å²) < 4.78 is 19.0. The van der Waals surface area contributed by atoms with Crippen LogP contribution in [0.2, 0.25) is 0 Å². The van der Waals surface area contributed by atoms with Crippen LogP contribution < -0.4 is 10.5 Å². The molecule has 0 unspecified atom stereocenters. The van der Waals surface area contributed by atoms with Crippen molar-refractivity contribution in [2.24, 2.45) is 5.73 Å². The number of aromatic hydroxyl groups is 1. The summed E-state index contributed by atoms with van der Waals surface area (Å²) in [6.07, 6.45) is 0. The smallest absolute Gasteiger partial charge is 0.255 e. The fourth-order valence-corrected chi connectivity index (χ4v) is 1.73. The minimum absolute atomic E-state index is 0.00370. The molecule has 0 bridgehead atoms. The Bertz CT molecular complexity index is 610. The van der Waals surface area contributed by atoms with Crippen molar-refractivity contribution in [2.45, 2.75) is 0 Å². The highest BCUT2D eigenvalue weighted by Gasteiger charge is 2.19. The SMILES string of the molecule is COc1cc2c(O)cccc2c(F)c1C(N)=O. The first-order valence-electron chi connectivity index (χ1n) is 4.84. The number of phenols is 1. The highest BCUT2D eigenvalue weighted by atomic mass is 19.1. The maximum absolute atomic E-state index is 14.1. The van der Waals surface area contributed by atoms with Crippen molar-refractivity contribution >= 4 is 16.7 Å². The lowest BCUT2D eigenvalue weighted by Crippen LogP contribution is -2.15. The average molecular weight is 235 g/mol. The Labute approximate surface area is 96.4 Å². The van der Waals surface area contributed by atoms with Gasteiger partial charge in [0, 0.05) is 10.8 Å². The van der Waals surface area contributed by atoms with Crippen molar-refractivity contribution in [2.75, 3.05) is 7.11 Å². The Kier molecular flexibility index (Phi) is 2.59. The molecule has 0 radical (unpaired) electrons. The largest absolute Gasteiger partial charge is 0.507 e. The first-order chi connectivity index (χ1) is 8.06. The van der Waals surface area contributed by atoms with Gasteiger partial charge in [-0.05, 0) is 12.1 Å². The molecule has 0 aromatic heterocycles. The standard InChI is InChI=1S/C12H10FNO3/c1-17-9-5-7-6(3-2-4-8(7)15)11(13)10(9)12(14)16/h2-5,15H,1H3,(H2,14,16). The van der Waals surface area contributed by atoms with Gasteiger partial charge in [0.05, 0.1) is 7.11 Å². The molecule has 0 atom stereocenters. The van der Waals surface area contributed by atoms with E-state index in [1.165, 1.54) is 31.4 Å². The van der Waals surface area contributed by atoms with E-state index in [0.29, 0.717) is 0 Å². The van der Waals surface area contributed by atoms with Crippen LogP contribution in [0.1, 0.15) is 10.4 Å². The highest BCUT2D eigenvalue weighted by molar-refractivity contribution is 6.02. The summed E-state index contributed by atoms with van der Waals surface area (Å²) in [4.78, 5) is 11.2. The molecule has 2 rings (SSSR count). The Morgan fingerprint density at radius 1 is 1.41 bits per heavy atom. The molecule has 4 nitrogen and oxygen atoms in total. The normalized spacial score (nSPS) is 10.5. The lowest BCUT2D eigenvalue weighted by Gasteiger charge is -2.10. The number of hydrogen-bond acceptors (Lipinski definition) is 3. The molecule has 0 saturated heterocycles. The number of methoxy groups -OCH3 is 1. The van der Waals surface area contributed by atoms with E-state index in [0.717, 1.165) is 0 Å². The van der Waals surface area contributed by atoms with Crippen LogP contribution in [0, 0.1) is 5.82 Å². The number of benzene rings is 2. The van der Waals surface area contributed by atoms with Gasteiger partial charge in [-0.3, -0.25) is 4.79 Å². The number of nitrogens with two attached hydrogens (primary N) is 1. The monoisotopic (exact) mass is 235 g/mol. The second-order valence-electron chi connectivity index (χ2n) is 3.50. The van der Waals surface area contributed by atoms with Crippen LogP contribution >= 0.6 is 0 Å². The van der Waals surface area contributed by atoms with Gasteiger partial charge in [0.15, 0.2) is 0 Å². The number of ether oxygens (including phenoxy) is 1. The summed E-state index contributed by atoms with van der Waals surface area (Å²) in [5.41, 5.74) is 4.78. The molecule has 0 fully saturated rings. The van der Waals surface area contributed by atoms with Gasteiger partial charge in [-0.2, -0.15) is 0 Å². The second-order valence-corrected chi connectivity index (χ2v) is 3.50. The van der Waals surface area contributed by atoms with Gasteiger partial charge >= 0.3 is 0 Å². The predicted molar refractivity (Wildman–Crippen MR) is 60.6 cm³/mol. The molecule has 0 saturated carbocycles. The van der Waals surface area contributed by atoms with E-state index in [2.05, 4.69) is 0 Å². The summed E-state index contributed by atoms with van der Waals surface area (Å²) in [6, 6.07) is 5.74. The number of carbonyl (C=O) groups excluding carboxylic acids is 1. The number of primary amides is 1.